The summed E-state index contributed by atoms with van der Waals surface area (Å²) < 4.78 is 0. The van der Waals surface area contributed by atoms with Gasteiger partial charge in [-0.2, -0.15) is 5.26 Å². The molecule has 8 heteroatoms. The number of nitro groups is 1. The Labute approximate surface area is 142 Å². The highest BCUT2D eigenvalue weighted by Gasteiger charge is 2.15. The lowest BCUT2D eigenvalue weighted by Crippen LogP contribution is -2.14. The highest BCUT2D eigenvalue weighted by atomic mass is 35.5. The second-order valence-electron chi connectivity index (χ2n) is 4.56. The third kappa shape index (κ3) is 4.32. The molecular weight excluding hydrogens is 332 g/mol. The van der Waals surface area contributed by atoms with Gasteiger partial charge in [-0.05, 0) is 24.3 Å². The van der Waals surface area contributed by atoms with Crippen molar-refractivity contribution >= 4 is 34.6 Å². The van der Waals surface area contributed by atoms with E-state index in [9.17, 15) is 14.9 Å². The monoisotopic (exact) mass is 342 g/mol. The van der Waals surface area contributed by atoms with Crippen LogP contribution in [0.2, 0.25) is 5.02 Å². The molecule has 0 aliphatic carbocycles. The van der Waals surface area contributed by atoms with Crippen LogP contribution in [0.5, 0.6) is 0 Å². The van der Waals surface area contributed by atoms with E-state index in [4.69, 9.17) is 16.9 Å². The smallest absolute Gasteiger partial charge is 0.289 e. The third-order valence-electron chi connectivity index (χ3n) is 2.92. The van der Waals surface area contributed by atoms with Crippen LogP contribution < -0.4 is 10.6 Å². The fourth-order valence-electron chi connectivity index (χ4n) is 1.77. The number of hydrogen-bond acceptors (Lipinski definition) is 5. The maximum atomic E-state index is 12.1. The van der Waals surface area contributed by atoms with Gasteiger partial charge in [-0.3, -0.25) is 14.9 Å². The molecule has 0 aromatic heterocycles. The first-order chi connectivity index (χ1) is 11.5. The van der Waals surface area contributed by atoms with Gasteiger partial charge < -0.3 is 10.6 Å². The number of nitriles is 1. The van der Waals surface area contributed by atoms with E-state index in [0.29, 0.717) is 5.69 Å². The van der Waals surface area contributed by atoms with E-state index in [1.165, 1.54) is 18.3 Å². The molecule has 120 valence electrons. The Bertz CT molecular complexity index is 844. The van der Waals surface area contributed by atoms with Crippen molar-refractivity contribution in [2.45, 2.75) is 0 Å². The van der Waals surface area contributed by atoms with Crippen molar-refractivity contribution < 1.29 is 9.72 Å². The number of nitro benzene ring substituents is 1. The van der Waals surface area contributed by atoms with Crippen molar-refractivity contribution in [2.24, 2.45) is 0 Å². The standard InChI is InChI=1S/C16H11ClN4O3/c17-14-7-6-13(8-15(14)21(23)24)20-16(22)11(9-18)10-19-12-4-2-1-3-5-12/h1-8,10,19H,(H,20,22)/b11-10-. The number of hydrogen-bond donors (Lipinski definition) is 2. The molecule has 0 spiro atoms. The molecule has 0 aliphatic rings. The first kappa shape index (κ1) is 17.0. The van der Waals surface area contributed by atoms with E-state index in [1.54, 1.807) is 30.3 Å². The number of para-hydroxylation sites is 1. The topological polar surface area (TPSA) is 108 Å². The molecule has 2 N–H and O–H groups in total. The van der Waals surface area contributed by atoms with E-state index >= 15 is 0 Å². The maximum absolute atomic E-state index is 12.1. The second-order valence-corrected chi connectivity index (χ2v) is 4.96. The zero-order valence-electron chi connectivity index (χ0n) is 12.2. The van der Waals surface area contributed by atoms with Crippen LogP contribution >= 0.6 is 11.6 Å². The van der Waals surface area contributed by atoms with Gasteiger partial charge in [0.1, 0.15) is 16.7 Å². The fourth-order valence-corrected chi connectivity index (χ4v) is 1.95. The van der Waals surface area contributed by atoms with Crippen molar-refractivity contribution in [3.8, 4) is 6.07 Å². The van der Waals surface area contributed by atoms with Crippen molar-refractivity contribution in [1.29, 1.82) is 5.26 Å². The summed E-state index contributed by atoms with van der Waals surface area (Å²) in [5.41, 5.74) is 0.355. The Kier molecular flexibility index (Phi) is 5.49. The quantitative estimate of drug-likeness (QED) is 0.372. The van der Waals surface area contributed by atoms with Crippen molar-refractivity contribution in [2.75, 3.05) is 10.6 Å². The largest absolute Gasteiger partial charge is 0.360 e. The third-order valence-corrected chi connectivity index (χ3v) is 3.24. The summed E-state index contributed by atoms with van der Waals surface area (Å²) in [6.07, 6.45) is 1.26. The molecule has 0 heterocycles. The summed E-state index contributed by atoms with van der Waals surface area (Å²) in [5, 5.41) is 25.1. The molecule has 7 nitrogen and oxygen atoms in total. The van der Waals surface area contributed by atoms with Crippen molar-refractivity contribution in [3.05, 3.63) is 75.4 Å². The van der Waals surface area contributed by atoms with Crippen LogP contribution in [0, 0.1) is 21.4 Å². The molecule has 0 fully saturated rings. The average molecular weight is 343 g/mol. The predicted octanol–water partition coefficient (Wildman–Crippen LogP) is 3.71. The molecule has 2 aromatic carbocycles. The molecule has 0 saturated heterocycles. The Balaban J connectivity index is 2.14. The maximum Gasteiger partial charge on any atom is 0.289 e. The van der Waals surface area contributed by atoms with E-state index in [1.807, 2.05) is 6.07 Å². The Morgan fingerprint density at radius 2 is 1.92 bits per heavy atom. The van der Waals surface area contributed by atoms with Gasteiger partial charge in [0.05, 0.1) is 4.92 Å². The highest BCUT2D eigenvalue weighted by Crippen LogP contribution is 2.27. The molecule has 0 bridgehead atoms. The summed E-state index contributed by atoms with van der Waals surface area (Å²) in [6.45, 7) is 0. The van der Waals surface area contributed by atoms with Crippen LogP contribution in [0.4, 0.5) is 17.1 Å². The SMILES string of the molecule is N#C/C(=C/Nc1ccccc1)C(=O)Nc1ccc(Cl)c([N+](=O)[O-])c1. The van der Waals surface area contributed by atoms with Crippen LogP contribution in [0.1, 0.15) is 0 Å². The predicted molar refractivity (Wildman–Crippen MR) is 90.5 cm³/mol. The minimum atomic E-state index is -0.697. The lowest BCUT2D eigenvalue weighted by atomic mass is 10.2. The number of anilines is 2. The van der Waals surface area contributed by atoms with Crippen LogP contribution in [-0.2, 0) is 4.79 Å². The van der Waals surface area contributed by atoms with Crippen molar-refractivity contribution in [3.63, 3.8) is 0 Å². The first-order valence-electron chi connectivity index (χ1n) is 6.68. The summed E-state index contributed by atoms with van der Waals surface area (Å²) in [7, 11) is 0. The molecular formula is C16H11ClN4O3. The lowest BCUT2D eigenvalue weighted by molar-refractivity contribution is -0.384. The molecule has 0 atom stereocenters. The van der Waals surface area contributed by atoms with E-state index < -0.39 is 10.8 Å². The molecule has 2 rings (SSSR count). The number of carbonyl (C=O) groups excluding carboxylic acids is 1. The number of halogens is 1. The van der Waals surface area contributed by atoms with Gasteiger partial charge in [0, 0.05) is 23.6 Å². The molecule has 0 saturated carbocycles. The molecule has 24 heavy (non-hydrogen) atoms. The van der Waals surface area contributed by atoms with Crippen LogP contribution in [-0.4, -0.2) is 10.8 Å². The lowest BCUT2D eigenvalue weighted by Gasteiger charge is -2.06. The highest BCUT2D eigenvalue weighted by molar-refractivity contribution is 6.32. The molecule has 1 amide bonds. The van der Waals surface area contributed by atoms with Crippen LogP contribution in [0.25, 0.3) is 0 Å². The molecule has 0 aliphatic heterocycles. The zero-order valence-corrected chi connectivity index (χ0v) is 12.9. The average Bonchev–Trinajstić information content (AvgIpc) is 2.58. The van der Waals surface area contributed by atoms with Gasteiger partial charge in [0.25, 0.3) is 11.6 Å². The Morgan fingerprint density at radius 1 is 1.21 bits per heavy atom. The molecule has 0 unspecified atom stereocenters. The number of nitrogens with one attached hydrogen (secondary N) is 2. The van der Waals surface area contributed by atoms with E-state index in [-0.39, 0.29) is 22.0 Å². The Hall–Kier alpha value is -3.37. The van der Waals surface area contributed by atoms with Crippen LogP contribution in [0.3, 0.4) is 0 Å². The number of rotatable bonds is 5. The molecule has 2 aromatic rings. The summed E-state index contributed by atoms with van der Waals surface area (Å²) in [6, 6.07) is 14.6. The molecule has 0 radical (unpaired) electrons. The van der Waals surface area contributed by atoms with E-state index in [2.05, 4.69) is 10.6 Å². The number of benzene rings is 2. The second kappa shape index (κ2) is 7.76. The van der Waals surface area contributed by atoms with Gasteiger partial charge in [0.2, 0.25) is 0 Å². The van der Waals surface area contributed by atoms with Gasteiger partial charge in [-0.1, -0.05) is 29.8 Å². The summed E-state index contributed by atoms with van der Waals surface area (Å²) in [5.74, 6) is -0.697. The van der Waals surface area contributed by atoms with E-state index in [0.717, 1.165) is 6.07 Å². The zero-order chi connectivity index (χ0) is 17.5. The van der Waals surface area contributed by atoms with Gasteiger partial charge in [-0.15, -0.1) is 0 Å². The van der Waals surface area contributed by atoms with Gasteiger partial charge in [-0.25, -0.2) is 0 Å². The minimum Gasteiger partial charge on any atom is -0.360 e. The normalized spacial score (nSPS) is 10.6. The van der Waals surface area contributed by atoms with Crippen LogP contribution in [0.15, 0.2) is 60.3 Å². The Morgan fingerprint density at radius 3 is 2.54 bits per heavy atom. The summed E-state index contributed by atoms with van der Waals surface area (Å²) in [4.78, 5) is 22.3. The minimum absolute atomic E-state index is 0.0419. The van der Waals surface area contributed by atoms with Gasteiger partial charge in [0.15, 0.2) is 0 Å². The number of nitrogens with zero attached hydrogens (tertiary/aromatic N) is 2. The first-order valence-corrected chi connectivity index (χ1v) is 7.06. The number of amides is 1. The van der Waals surface area contributed by atoms with Gasteiger partial charge >= 0.3 is 0 Å². The fraction of sp³-hybridized carbons (Fsp3) is 0. The summed E-state index contributed by atoms with van der Waals surface area (Å²) >= 11 is 5.71. The van der Waals surface area contributed by atoms with Crippen molar-refractivity contribution in [1.82, 2.24) is 0 Å². The number of carbonyl (C=O) groups is 1.